The Hall–Kier alpha value is -1.13. The lowest BCUT2D eigenvalue weighted by atomic mass is 10.1. The number of aromatic nitrogens is 1. The van der Waals surface area contributed by atoms with Gasteiger partial charge in [0.05, 0.1) is 0 Å². The van der Waals surface area contributed by atoms with Crippen LogP contribution in [0.5, 0.6) is 0 Å². The number of benzene rings is 1. The maximum Gasteiger partial charge on any atom is 0.197 e. The fourth-order valence-corrected chi connectivity index (χ4v) is 2.59. The Kier molecular flexibility index (Phi) is 2.39. The maximum atomic E-state index is 9.69. The summed E-state index contributed by atoms with van der Waals surface area (Å²) in [4.78, 5) is 1.03. The molecule has 0 atom stereocenters. The third kappa shape index (κ3) is 1.47. The number of rotatable bonds is 1. The first-order chi connectivity index (χ1) is 6.70. The fourth-order valence-electron chi connectivity index (χ4n) is 1.38. The van der Waals surface area contributed by atoms with E-state index in [-0.39, 0.29) is 0 Å². The van der Waals surface area contributed by atoms with Crippen molar-refractivity contribution in [2.24, 2.45) is 0 Å². The van der Waals surface area contributed by atoms with Crippen LogP contribution in [-0.2, 0) is 0 Å². The highest BCUT2D eigenvalue weighted by Crippen LogP contribution is 2.27. The molecule has 0 aliphatic rings. The van der Waals surface area contributed by atoms with Crippen molar-refractivity contribution in [1.29, 1.82) is 0 Å². The van der Waals surface area contributed by atoms with Gasteiger partial charge in [0, 0.05) is 10.4 Å². The van der Waals surface area contributed by atoms with E-state index in [1.165, 1.54) is 11.3 Å². The normalized spacial score (nSPS) is 10.4. The van der Waals surface area contributed by atoms with Crippen LogP contribution < -0.4 is 0 Å². The lowest BCUT2D eigenvalue weighted by Crippen LogP contribution is -1.93. The van der Waals surface area contributed by atoms with Crippen LogP contribution in [-0.4, -0.2) is 9.94 Å². The standard InChI is InChI=1S/C10H9NOS2/c1-7-9(11(12)10(13)14-7)8-5-3-2-4-6-8/h2-6,12H,1H3. The van der Waals surface area contributed by atoms with E-state index in [0.717, 1.165) is 20.9 Å². The second kappa shape index (κ2) is 3.55. The van der Waals surface area contributed by atoms with Crippen molar-refractivity contribution in [3.05, 3.63) is 39.2 Å². The predicted molar refractivity (Wildman–Crippen MR) is 60.5 cm³/mol. The minimum atomic E-state index is 0.487. The molecule has 0 saturated carbocycles. The van der Waals surface area contributed by atoms with Crippen molar-refractivity contribution >= 4 is 23.6 Å². The average Bonchev–Trinajstić information content (AvgIpc) is 2.43. The van der Waals surface area contributed by atoms with Crippen molar-refractivity contribution in [2.45, 2.75) is 6.92 Å². The van der Waals surface area contributed by atoms with Crippen LogP contribution in [0.25, 0.3) is 11.3 Å². The molecule has 1 heterocycles. The summed E-state index contributed by atoms with van der Waals surface area (Å²) in [5.74, 6) is 0. The molecular weight excluding hydrogens is 214 g/mol. The number of hydrogen-bond donors (Lipinski definition) is 1. The monoisotopic (exact) mass is 223 g/mol. The molecule has 0 saturated heterocycles. The highest BCUT2D eigenvalue weighted by atomic mass is 32.1. The van der Waals surface area contributed by atoms with E-state index >= 15 is 0 Å². The van der Waals surface area contributed by atoms with E-state index in [4.69, 9.17) is 12.2 Å². The molecule has 0 bridgehead atoms. The molecule has 14 heavy (non-hydrogen) atoms. The van der Waals surface area contributed by atoms with Crippen LogP contribution in [0.1, 0.15) is 4.88 Å². The van der Waals surface area contributed by atoms with Crippen LogP contribution in [0.15, 0.2) is 30.3 Å². The summed E-state index contributed by atoms with van der Waals surface area (Å²) in [5.41, 5.74) is 1.78. The molecule has 4 heteroatoms. The molecule has 2 nitrogen and oxygen atoms in total. The van der Waals surface area contributed by atoms with Gasteiger partial charge in [0.15, 0.2) is 3.95 Å². The fraction of sp³-hybridized carbons (Fsp3) is 0.100. The summed E-state index contributed by atoms with van der Waals surface area (Å²) in [6.45, 7) is 1.95. The summed E-state index contributed by atoms with van der Waals surface area (Å²) in [6.07, 6.45) is 0. The first-order valence-corrected chi connectivity index (χ1v) is 5.40. The Morgan fingerprint density at radius 1 is 1.29 bits per heavy atom. The van der Waals surface area contributed by atoms with Gasteiger partial charge in [-0.15, -0.1) is 11.3 Å². The molecule has 0 unspecified atom stereocenters. The quantitative estimate of drug-likeness (QED) is 0.591. The zero-order valence-electron chi connectivity index (χ0n) is 7.60. The molecule has 0 radical (unpaired) electrons. The number of hydrogen-bond acceptors (Lipinski definition) is 3. The minimum Gasteiger partial charge on any atom is -0.426 e. The number of aryl methyl sites for hydroxylation is 1. The summed E-state index contributed by atoms with van der Waals surface area (Å²) >= 11 is 6.41. The van der Waals surface area contributed by atoms with Crippen LogP contribution >= 0.6 is 23.6 Å². The third-order valence-electron chi connectivity index (χ3n) is 2.01. The van der Waals surface area contributed by atoms with Crippen LogP contribution in [0, 0.1) is 10.9 Å². The SMILES string of the molecule is Cc1sc(=S)n(O)c1-c1ccccc1. The smallest absolute Gasteiger partial charge is 0.197 e. The van der Waals surface area contributed by atoms with Gasteiger partial charge in [-0.3, -0.25) is 0 Å². The molecule has 72 valence electrons. The first-order valence-electron chi connectivity index (χ1n) is 4.17. The molecule has 0 aliphatic carbocycles. The molecular formula is C10H9NOS2. The summed E-state index contributed by atoms with van der Waals surface area (Å²) < 4.78 is 1.56. The number of nitrogens with zero attached hydrogens (tertiary/aromatic N) is 1. The zero-order chi connectivity index (χ0) is 10.1. The average molecular weight is 223 g/mol. The van der Waals surface area contributed by atoms with Gasteiger partial charge in [-0.25, -0.2) is 0 Å². The second-order valence-electron chi connectivity index (χ2n) is 2.95. The van der Waals surface area contributed by atoms with E-state index in [1.54, 1.807) is 0 Å². The van der Waals surface area contributed by atoms with Crippen molar-refractivity contribution in [3.8, 4) is 11.3 Å². The highest BCUT2D eigenvalue weighted by molar-refractivity contribution is 7.73. The topological polar surface area (TPSA) is 25.2 Å². The van der Waals surface area contributed by atoms with Gasteiger partial charge >= 0.3 is 0 Å². The molecule has 1 N–H and O–H groups in total. The molecule has 0 amide bonds. The molecule has 0 aliphatic heterocycles. The molecule has 2 rings (SSSR count). The van der Waals surface area contributed by atoms with E-state index in [1.807, 2.05) is 37.3 Å². The van der Waals surface area contributed by atoms with Gasteiger partial charge in [-0.1, -0.05) is 30.3 Å². The van der Waals surface area contributed by atoms with Crippen molar-refractivity contribution in [3.63, 3.8) is 0 Å². The third-order valence-corrected chi connectivity index (χ3v) is 3.28. The minimum absolute atomic E-state index is 0.487. The van der Waals surface area contributed by atoms with Gasteiger partial charge in [-0.2, -0.15) is 4.73 Å². The molecule has 1 aromatic carbocycles. The Bertz CT molecular complexity index is 499. The van der Waals surface area contributed by atoms with Gasteiger partial charge in [-0.05, 0) is 19.1 Å². The second-order valence-corrected chi connectivity index (χ2v) is 4.80. The zero-order valence-corrected chi connectivity index (χ0v) is 9.23. The van der Waals surface area contributed by atoms with Crippen molar-refractivity contribution in [1.82, 2.24) is 4.73 Å². The summed E-state index contributed by atoms with van der Waals surface area (Å²) in [7, 11) is 0. The van der Waals surface area contributed by atoms with Gasteiger partial charge in [0.25, 0.3) is 0 Å². The summed E-state index contributed by atoms with van der Waals surface area (Å²) in [5, 5.41) is 9.69. The predicted octanol–water partition coefficient (Wildman–Crippen LogP) is 3.49. The van der Waals surface area contributed by atoms with E-state index < -0.39 is 0 Å². The van der Waals surface area contributed by atoms with Crippen molar-refractivity contribution < 1.29 is 5.21 Å². The van der Waals surface area contributed by atoms with Gasteiger partial charge < -0.3 is 5.21 Å². The lowest BCUT2D eigenvalue weighted by molar-refractivity contribution is 0.189. The molecule has 0 fully saturated rings. The molecule has 2 aromatic rings. The van der Waals surface area contributed by atoms with Gasteiger partial charge in [0.1, 0.15) is 5.69 Å². The van der Waals surface area contributed by atoms with E-state index in [2.05, 4.69) is 0 Å². The van der Waals surface area contributed by atoms with Crippen LogP contribution in [0.3, 0.4) is 0 Å². The Balaban J connectivity index is 2.69. The van der Waals surface area contributed by atoms with E-state index in [0.29, 0.717) is 3.95 Å². The number of thiazole rings is 1. The Morgan fingerprint density at radius 2 is 1.93 bits per heavy atom. The highest BCUT2D eigenvalue weighted by Gasteiger charge is 2.09. The maximum absolute atomic E-state index is 9.69. The first kappa shape index (κ1) is 9.43. The molecule has 0 spiro atoms. The largest absolute Gasteiger partial charge is 0.426 e. The Morgan fingerprint density at radius 3 is 2.43 bits per heavy atom. The summed E-state index contributed by atoms with van der Waals surface area (Å²) in [6, 6.07) is 9.74. The van der Waals surface area contributed by atoms with Crippen LogP contribution in [0.4, 0.5) is 0 Å². The van der Waals surface area contributed by atoms with Gasteiger partial charge in [0.2, 0.25) is 0 Å². The van der Waals surface area contributed by atoms with E-state index in [9.17, 15) is 5.21 Å². The van der Waals surface area contributed by atoms with Crippen LogP contribution in [0.2, 0.25) is 0 Å². The van der Waals surface area contributed by atoms with Crippen molar-refractivity contribution in [2.75, 3.05) is 0 Å². The Labute approximate surface area is 91.0 Å². The molecule has 1 aromatic heterocycles. The lowest BCUT2D eigenvalue weighted by Gasteiger charge is -2.01.